The van der Waals surface area contributed by atoms with E-state index in [1.807, 2.05) is 0 Å². The minimum Gasteiger partial charge on any atom is -1.00 e. The minimum atomic E-state index is 0. The van der Waals surface area contributed by atoms with Crippen molar-refractivity contribution in [1.82, 2.24) is 0 Å². The van der Waals surface area contributed by atoms with Crippen LogP contribution in [0.5, 0.6) is 0 Å². The van der Waals surface area contributed by atoms with E-state index in [0.29, 0.717) is 0 Å². The molecular formula is C14H26AlCl. The summed E-state index contributed by atoms with van der Waals surface area (Å²) in [5, 5.41) is 3.27. The topological polar surface area (TPSA) is 0 Å². The molecule has 2 heteroatoms. The van der Waals surface area contributed by atoms with Gasteiger partial charge in [-0.15, -0.1) is 0 Å². The number of hydrogen-bond donors (Lipinski definition) is 0. The summed E-state index contributed by atoms with van der Waals surface area (Å²) >= 11 is 0.808. The maximum absolute atomic E-state index is 1.64. The van der Waals surface area contributed by atoms with Crippen molar-refractivity contribution in [2.45, 2.75) is 74.8 Å². The molecule has 0 radical (unpaired) electrons. The van der Waals surface area contributed by atoms with Crippen LogP contribution in [0.4, 0.5) is 0 Å². The monoisotopic (exact) mass is 256 g/mol. The summed E-state index contributed by atoms with van der Waals surface area (Å²) in [4.78, 5) is 0. The van der Waals surface area contributed by atoms with Crippen LogP contribution in [0.2, 0.25) is 10.6 Å². The van der Waals surface area contributed by atoms with Crippen molar-refractivity contribution in [2.75, 3.05) is 0 Å². The molecule has 0 aromatic carbocycles. The molecule has 0 amide bonds. The summed E-state index contributed by atoms with van der Waals surface area (Å²) in [5.74, 6) is 2.30. The molecule has 0 aliphatic heterocycles. The van der Waals surface area contributed by atoms with Gasteiger partial charge in [0, 0.05) is 0 Å². The van der Waals surface area contributed by atoms with Crippen molar-refractivity contribution < 1.29 is 12.4 Å². The van der Waals surface area contributed by atoms with Crippen molar-refractivity contribution in [1.29, 1.82) is 0 Å². The van der Waals surface area contributed by atoms with E-state index in [9.17, 15) is 0 Å². The van der Waals surface area contributed by atoms with Gasteiger partial charge in [0.1, 0.15) is 0 Å². The van der Waals surface area contributed by atoms with Crippen molar-refractivity contribution in [3.8, 4) is 0 Å². The summed E-state index contributed by atoms with van der Waals surface area (Å²) in [6, 6.07) is 0. The summed E-state index contributed by atoms with van der Waals surface area (Å²) in [6.07, 6.45) is 15.5. The van der Waals surface area contributed by atoms with Gasteiger partial charge < -0.3 is 12.4 Å². The number of halogens is 1. The molecule has 16 heavy (non-hydrogen) atoms. The maximum atomic E-state index is 1.64. The van der Waals surface area contributed by atoms with Crippen LogP contribution < -0.4 is 12.4 Å². The standard InChI is InChI=1S/2C7H13.Al.ClH/c2*1-7-5-3-2-4-6-7;;/h2*7H,1-6H2;;1H/q;;+1;/p-1. The summed E-state index contributed by atoms with van der Waals surface area (Å²) in [5.41, 5.74) is 0. The molecular weight excluding hydrogens is 231 g/mol. The summed E-state index contributed by atoms with van der Waals surface area (Å²) in [7, 11) is 0. The van der Waals surface area contributed by atoms with Gasteiger partial charge in [0.15, 0.2) is 0 Å². The van der Waals surface area contributed by atoms with Gasteiger partial charge in [0.25, 0.3) is 0 Å². The van der Waals surface area contributed by atoms with E-state index in [1.54, 1.807) is 36.2 Å². The second-order valence-electron chi connectivity index (χ2n) is 5.77. The second kappa shape index (κ2) is 8.85. The van der Waals surface area contributed by atoms with Gasteiger partial charge in [0.05, 0.1) is 0 Å². The average Bonchev–Trinajstić information content (AvgIpc) is 2.32. The van der Waals surface area contributed by atoms with Crippen LogP contribution >= 0.6 is 0 Å². The van der Waals surface area contributed by atoms with Gasteiger partial charge in [-0.3, -0.25) is 0 Å². The molecule has 0 saturated heterocycles. The molecule has 0 aromatic rings. The largest absolute Gasteiger partial charge is 1.00 e. The third kappa shape index (κ3) is 5.44. The zero-order valence-electron chi connectivity index (χ0n) is 10.6. The first-order chi connectivity index (χ1) is 7.45. The zero-order chi connectivity index (χ0) is 10.3. The Morgan fingerprint density at radius 2 is 1.00 bits per heavy atom. The fourth-order valence-corrected chi connectivity index (χ4v) is 5.49. The molecule has 2 aliphatic carbocycles. The molecule has 0 unspecified atom stereocenters. The molecule has 2 fully saturated rings. The first-order valence-corrected chi connectivity index (χ1v) is 8.90. The van der Waals surface area contributed by atoms with Gasteiger partial charge in [-0.2, -0.15) is 0 Å². The Hall–Kier alpha value is 0.822. The predicted molar refractivity (Wildman–Crippen MR) is 68.5 cm³/mol. The summed E-state index contributed by atoms with van der Waals surface area (Å²) in [6.45, 7) is 0. The van der Waals surface area contributed by atoms with Gasteiger partial charge in [-0.25, -0.2) is 0 Å². The van der Waals surface area contributed by atoms with Crippen LogP contribution in [0.3, 0.4) is 0 Å². The van der Waals surface area contributed by atoms with Crippen molar-refractivity contribution in [3.05, 3.63) is 0 Å². The minimum absolute atomic E-state index is 0. The first-order valence-electron chi connectivity index (χ1n) is 7.27. The molecule has 0 N–H and O–H groups in total. The SMILES string of the molecule is C1CCC([CH2][Al+][CH2]C2CCCCC2)CC1.[Cl-]. The average molecular weight is 257 g/mol. The van der Waals surface area contributed by atoms with Gasteiger partial charge in [-0.1, -0.05) is 0 Å². The van der Waals surface area contributed by atoms with Crippen molar-refractivity contribution >= 4 is 15.2 Å². The Kier molecular flexibility index (Phi) is 8.23. The third-order valence-electron chi connectivity index (χ3n) is 4.45. The maximum Gasteiger partial charge on any atom is -1.00 e. The van der Waals surface area contributed by atoms with E-state index >= 15 is 0 Å². The molecule has 0 aromatic heterocycles. The number of hydrogen-bond acceptors (Lipinski definition) is 0. The Morgan fingerprint density at radius 1 is 0.625 bits per heavy atom. The van der Waals surface area contributed by atoms with E-state index in [1.165, 1.54) is 38.5 Å². The van der Waals surface area contributed by atoms with E-state index in [-0.39, 0.29) is 12.4 Å². The molecule has 92 valence electrons. The molecule has 2 saturated carbocycles. The molecule has 2 rings (SSSR count). The molecule has 0 nitrogen and oxygen atoms in total. The van der Waals surface area contributed by atoms with Crippen LogP contribution in [-0.4, -0.2) is 15.2 Å². The normalized spacial score (nSPS) is 23.5. The Bertz CT molecular complexity index is 142. The zero-order valence-corrected chi connectivity index (χ0v) is 12.5. The van der Waals surface area contributed by atoms with Crippen molar-refractivity contribution in [3.63, 3.8) is 0 Å². The number of rotatable bonds is 4. The molecule has 2 aliphatic rings. The van der Waals surface area contributed by atoms with E-state index in [0.717, 1.165) is 27.1 Å². The quantitative estimate of drug-likeness (QED) is 0.672. The van der Waals surface area contributed by atoms with Crippen LogP contribution in [0, 0.1) is 11.8 Å². The van der Waals surface area contributed by atoms with E-state index in [2.05, 4.69) is 0 Å². The Morgan fingerprint density at radius 3 is 1.38 bits per heavy atom. The second-order valence-corrected chi connectivity index (χ2v) is 7.29. The van der Waals surface area contributed by atoms with Crippen molar-refractivity contribution in [2.24, 2.45) is 11.8 Å². The molecule has 0 bridgehead atoms. The molecule has 0 heterocycles. The third-order valence-corrected chi connectivity index (χ3v) is 6.45. The van der Waals surface area contributed by atoms with Crippen LogP contribution in [0.25, 0.3) is 0 Å². The van der Waals surface area contributed by atoms with Crippen LogP contribution in [0.1, 0.15) is 64.2 Å². The Balaban J connectivity index is 0.00000128. The predicted octanol–water partition coefficient (Wildman–Crippen LogP) is 1.69. The van der Waals surface area contributed by atoms with Gasteiger partial charge in [0.2, 0.25) is 0 Å². The van der Waals surface area contributed by atoms with Crippen LogP contribution in [-0.2, 0) is 0 Å². The van der Waals surface area contributed by atoms with Gasteiger partial charge >= 0.3 is 102 Å². The Labute approximate surface area is 114 Å². The van der Waals surface area contributed by atoms with Gasteiger partial charge in [-0.05, 0) is 0 Å². The smallest absolute Gasteiger partial charge is 1.00 e. The van der Waals surface area contributed by atoms with E-state index < -0.39 is 0 Å². The summed E-state index contributed by atoms with van der Waals surface area (Å²) < 4.78 is 0. The fraction of sp³-hybridized carbons (Fsp3) is 1.00. The van der Waals surface area contributed by atoms with E-state index in [4.69, 9.17) is 0 Å². The molecule has 0 spiro atoms. The molecule has 0 atom stereocenters. The first kappa shape index (κ1) is 14.9. The van der Waals surface area contributed by atoms with Crippen LogP contribution in [0.15, 0.2) is 0 Å². The fourth-order valence-electron chi connectivity index (χ4n) is 3.41.